The molecule has 5 rings (SSSR count). The summed E-state index contributed by atoms with van der Waals surface area (Å²) >= 11 is 0. The van der Waals surface area contributed by atoms with Gasteiger partial charge in [-0.25, -0.2) is 9.07 Å². The van der Waals surface area contributed by atoms with Crippen molar-refractivity contribution in [2.24, 2.45) is 7.05 Å². The maximum absolute atomic E-state index is 13.8. The van der Waals surface area contributed by atoms with Crippen LogP contribution in [0.5, 0.6) is 0 Å². The van der Waals surface area contributed by atoms with E-state index in [0.717, 1.165) is 4.90 Å². The zero-order valence-electron chi connectivity index (χ0n) is 19.6. The summed E-state index contributed by atoms with van der Waals surface area (Å²) in [6.45, 7) is 1.68. The number of aromatic nitrogens is 2. The standard InChI is InChI=1S/C28H22FN3O4/c1-17-23(27(35)32(30(17)2)21-11-7-4-8-12-21)31-24(18-13-15-20(29)16-14-18)22(26(34)28(31)36)25(33)19-9-5-3-6-10-19/h3-16,24,33H,1-2H3. The van der Waals surface area contributed by atoms with E-state index >= 15 is 0 Å². The second-order valence-electron chi connectivity index (χ2n) is 8.50. The summed E-state index contributed by atoms with van der Waals surface area (Å²) in [5, 5.41) is 11.2. The van der Waals surface area contributed by atoms with Crippen molar-refractivity contribution in [1.82, 2.24) is 9.36 Å². The first kappa shape index (κ1) is 23.0. The van der Waals surface area contributed by atoms with Crippen LogP contribution in [0.4, 0.5) is 10.1 Å². The van der Waals surface area contributed by atoms with E-state index in [1.165, 1.54) is 28.9 Å². The Labute approximate surface area is 205 Å². The molecule has 2 heterocycles. The van der Waals surface area contributed by atoms with Crippen molar-refractivity contribution in [2.75, 3.05) is 4.90 Å². The summed E-state index contributed by atoms with van der Waals surface area (Å²) in [7, 11) is 1.68. The maximum Gasteiger partial charge on any atom is 0.300 e. The van der Waals surface area contributed by atoms with E-state index in [9.17, 15) is 23.9 Å². The van der Waals surface area contributed by atoms with E-state index in [4.69, 9.17) is 0 Å². The zero-order chi connectivity index (χ0) is 25.6. The molecule has 1 aliphatic rings. The van der Waals surface area contributed by atoms with Gasteiger partial charge in [0.15, 0.2) is 0 Å². The summed E-state index contributed by atoms with van der Waals surface area (Å²) < 4.78 is 16.8. The average molecular weight is 483 g/mol. The van der Waals surface area contributed by atoms with E-state index in [2.05, 4.69) is 0 Å². The first-order chi connectivity index (χ1) is 17.3. The molecule has 0 bridgehead atoms. The molecule has 1 N–H and O–H groups in total. The van der Waals surface area contributed by atoms with Gasteiger partial charge in [0.2, 0.25) is 0 Å². The zero-order valence-corrected chi connectivity index (χ0v) is 19.6. The van der Waals surface area contributed by atoms with Crippen LogP contribution in [0, 0.1) is 12.7 Å². The molecule has 4 aromatic rings. The van der Waals surface area contributed by atoms with Crippen LogP contribution in [-0.2, 0) is 16.6 Å². The van der Waals surface area contributed by atoms with E-state index < -0.39 is 29.1 Å². The third-order valence-corrected chi connectivity index (χ3v) is 6.44. The Kier molecular flexibility index (Phi) is 5.64. The second-order valence-corrected chi connectivity index (χ2v) is 8.50. The third kappa shape index (κ3) is 3.54. The van der Waals surface area contributed by atoms with Gasteiger partial charge >= 0.3 is 0 Å². The molecule has 1 fully saturated rings. The maximum atomic E-state index is 13.8. The molecule has 36 heavy (non-hydrogen) atoms. The minimum Gasteiger partial charge on any atom is -0.507 e. The lowest BCUT2D eigenvalue weighted by molar-refractivity contribution is -0.132. The van der Waals surface area contributed by atoms with Gasteiger partial charge in [0, 0.05) is 12.6 Å². The number of rotatable bonds is 4. The molecule has 0 saturated carbocycles. The number of halogens is 1. The minimum atomic E-state index is -1.14. The summed E-state index contributed by atoms with van der Waals surface area (Å²) in [5.41, 5.74) is 1.07. The number of ketones is 1. The van der Waals surface area contributed by atoms with Crippen LogP contribution < -0.4 is 10.5 Å². The molecule has 1 aliphatic heterocycles. The van der Waals surface area contributed by atoms with Crippen molar-refractivity contribution in [3.8, 4) is 5.69 Å². The van der Waals surface area contributed by atoms with Gasteiger partial charge < -0.3 is 5.11 Å². The van der Waals surface area contributed by atoms with Gasteiger partial charge in [-0.05, 0) is 36.8 Å². The molecule has 7 nitrogen and oxygen atoms in total. The first-order valence-corrected chi connectivity index (χ1v) is 11.3. The number of aliphatic hydroxyl groups is 1. The van der Waals surface area contributed by atoms with Crippen molar-refractivity contribution in [3.63, 3.8) is 0 Å². The van der Waals surface area contributed by atoms with Crippen molar-refractivity contribution in [3.05, 3.63) is 123 Å². The SMILES string of the molecule is Cc1c(N2C(=O)C(=O)C(=C(O)c3ccccc3)C2c2ccc(F)cc2)c(=O)n(-c2ccccc2)n1C. The van der Waals surface area contributed by atoms with Gasteiger partial charge in [0.1, 0.15) is 17.3 Å². The number of hydrogen-bond acceptors (Lipinski definition) is 4. The Morgan fingerprint density at radius 3 is 2.06 bits per heavy atom. The molecule has 1 amide bonds. The monoisotopic (exact) mass is 483 g/mol. The average Bonchev–Trinajstić information content (AvgIpc) is 3.28. The molecule has 1 saturated heterocycles. The number of carbonyl (C=O) groups is 2. The van der Waals surface area contributed by atoms with Crippen molar-refractivity contribution in [2.45, 2.75) is 13.0 Å². The highest BCUT2D eigenvalue weighted by Crippen LogP contribution is 2.42. The van der Waals surface area contributed by atoms with Crippen LogP contribution in [0.3, 0.4) is 0 Å². The number of para-hydroxylation sites is 1. The van der Waals surface area contributed by atoms with Crippen LogP contribution in [-0.4, -0.2) is 26.2 Å². The molecule has 180 valence electrons. The fourth-order valence-corrected chi connectivity index (χ4v) is 4.61. The fraction of sp³-hybridized carbons (Fsp3) is 0.107. The van der Waals surface area contributed by atoms with Gasteiger partial charge in [0.05, 0.1) is 23.0 Å². The molecule has 1 aromatic heterocycles. The summed E-state index contributed by atoms with van der Waals surface area (Å²) in [6, 6.07) is 21.4. The Morgan fingerprint density at radius 2 is 1.44 bits per heavy atom. The van der Waals surface area contributed by atoms with Gasteiger partial charge in [-0.2, -0.15) is 0 Å². The molecule has 0 radical (unpaired) electrons. The van der Waals surface area contributed by atoms with Crippen LogP contribution in [0.15, 0.2) is 95.3 Å². The van der Waals surface area contributed by atoms with E-state index in [-0.39, 0.29) is 17.0 Å². The summed E-state index contributed by atoms with van der Waals surface area (Å²) in [5.74, 6) is -2.75. The lowest BCUT2D eigenvalue weighted by Crippen LogP contribution is -2.34. The van der Waals surface area contributed by atoms with Crippen molar-refractivity contribution >= 4 is 23.1 Å². The smallest absolute Gasteiger partial charge is 0.300 e. The minimum absolute atomic E-state index is 0.00453. The van der Waals surface area contributed by atoms with Crippen molar-refractivity contribution < 1.29 is 19.1 Å². The Hall–Kier alpha value is -4.72. The van der Waals surface area contributed by atoms with Gasteiger partial charge in [-0.15, -0.1) is 0 Å². The summed E-state index contributed by atoms with van der Waals surface area (Å²) in [4.78, 5) is 41.6. The van der Waals surface area contributed by atoms with Gasteiger partial charge in [0.25, 0.3) is 17.2 Å². The molecule has 3 aromatic carbocycles. The summed E-state index contributed by atoms with van der Waals surface area (Å²) in [6.07, 6.45) is 0. The van der Waals surface area contributed by atoms with Crippen LogP contribution in [0.2, 0.25) is 0 Å². The number of anilines is 1. The highest BCUT2D eigenvalue weighted by Gasteiger charge is 2.49. The molecule has 1 unspecified atom stereocenters. The quantitative estimate of drug-likeness (QED) is 0.267. The molecular formula is C28H22FN3O4. The Balaban J connectivity index is 1.78. The van der Waals surface area contributed by atoms with Gasteiger partial charge in [-0.3, -0.25) is 24.0 Å². The molecule has 0 spiro atoms. The highest BCUT2D eigenvalue weighted by molar-refractivity contribution is 6.51. The number of benzene rings is 3. The predicted octanol–water partition coefficient (Wildman–Crippen LogP) is 4.25. The van der Waals surface area contributed by atoms with Gasteiger partial charge in [-0.1, -0.05) is 60.7 Å². The topological polar surface area (TPSA) is 84.5 Å². The normalized spacial score (nSPS) is 17.1. The Bertz CT molecular complexity index is 1570. The number of carbonyl (C=O) groups excluding carboxylic acids is 2. The Morgan fingerprint density at radius 1 is 0.861 bits per heavy atom. The number of hydrogen-bond donors (Lipinski definition) is 1. The third-order valence-electron chi connectivity index (χ3n) is 6.44. The number of nitrogens with zero attached hydrogens (tertiary/aromatic N) is 3. The van der Waals surface area contributed by atoms with Crippen molar-refractivity contribution in [1.29, 1.82) is 0 Å². The molecule has 1 atom stereocenters. The number of Topliss-reactive ketones (excluding diaryl/α,β-unsaturated/α-hetero) is 1. The first-order valence-electron chi connectivity index (χ1n) is 11.3. The lowest BCUT2D eigenvalue weighted by atomic mass is 9.95. The highest BCUT2D eigenvalue weighted by atomic mass is 19.1. The molecular weight excluding hydrogens is 461 g/mol. The second kappa shape index (κ2) is 8.81. The van der Waals surface area contributed by atoms with E-state index in [1.807, 2.05) is 6.07 Å². The molecule has 8 heteroatoms. The van der Waals surface area contributed by atoms with Crippen LogP contribution in [0.1, 0.15) is 22.9 Å². The lowest BCUT2D eigenvalue weighted by Gasteiger charge is -2.24. The largest absolute Gasteiger partial charge is 0.507 e. The number of aliphatic hydroxyl groups excluding tert-OH is 1. The fourth-order valence-electron chi connectivity index (χ4n) is 4.61. The van der Waals surface area contributed by atoms with Crippen LogP contribution >= 0.6 is 0 Å². The van der Waals surface area contributed by atoms with E-state index in [0.29, 0.717) is 22.5 Å². The van der Waals surface area contributed by atoms with E-state index in [1.54, 1.807) is 73.3 Å². The van der Waals surface area contributed by atoms with Crippen LogP contribution in [0.25, 0.3) is 11.4 Å². The molecule has 0 aliphatic carbocycles. The number of amides is 1. The predicted molar refractivity (Wildman–Crippen MR) is 133 cm³/mol.